The van der Waals surface area contributed by atoms with E-state index < -0.39 is 11.6 Å². The van der Waals surface area contributed by atoms with E-state index in [0.29, 0.717) is 5.82 Å². The van der Waals surface area contributed by atoms with E-state index in [1.54, 1.807) is 0 Å². The molecule has 0 aliphatic heterocycles. The smallest absolute Gasteiger partial charge is 0.159 e. The van der Waals surface area contributed by atoms with Gasteiger partial charge in [0.15, 0.2) is 11.6 Å². The number of benzene rings is 3. The van der Waals surface area contributed by atoms with Crippen molar-refractivity contribution >= 4 is 39.5 Å². The fourth-order valence-electron chi connectivity index (χ4n) is 2.78. The zero-order valence-corrected chi connectivity index (χ0v) is 14.1. The molecule has 0 saturated carbocycles. The van der Waals surface area contributed by atoms with Crippen LogP contribution in [0.3, 0.4) is 0 Å². The first kappa shape index (κ1) is 16.7. The van der Waals surface area contributed by atoms with Gasteiger partial charge in [0.05, 0.1) is 5.69 Å². The van der Waals surface area contributed by atoms with Crippen LogP contribution >= 0.6 is 0 Å². The summed E-state index contributed by atoms with van der Waals surface area (Å²) >= 11 is 0. The van der Waals surface area contributed by atoms with E-state index in [0.717, 1.165) is 34.7 Å². The Morgan fingerprint density at radius 2 is 1.48 bits per heavy atom. The lowest BCUT2D eigenvalue weighted by Gasteiger charge is -2.14. The third-order valence-electron chi connectivity index (χ3n) is 4.11. The monoisotopic (exact) mass is 363 g/mol. The van der Waals surface area contributed by atoms with Gasteiger partial charge in [-0.15, -0.1) is 0 Å². The quantitative estimate of drug-likeness (QED) is 0.477. The van der Waals surface area contributed by atoms with Gasteiger partial charge in [-0.3, -0.25) is 0 Å². The van der Waals surface area contributed by atoms with Crippen LogP contribution in [0.1, 0.15) is 0 Å². The van der Waals surface area contributed by atoms with Crippen molar-refractivity contribution in [1.82, 2.24) is 9.97 Å². The van der Waals surface area contributed by atoms with Crippen LogP contribution in [0.15, 0.2) is 67.0 Å². The fraction of sp³-hybridized carbons (Fsp3) is 0. The maximum atomic E-state index is 13.9. The number of nitrogen functional groups attached to an aromatic ring is 1. The molecule has 0 bridgehead atoms. The lowest BCUT2D eigenvalue weighted by molar-refractivity contribution is 0.603. The average molecular weight is 363 g/mol. The molecule has 7 heteroatoms. The van der Waals surface area contributed by atoms with Crippen molar-refractivity contribution in [2.75, 3.05) is 16.4 Å². The van der Waals surface area contributed by atoms with Gasteiger partial charge in [-0.05, 0) is 23.6 Å². The molecule has 0 aliphatic rings. The molecule has 0 radical (unpaired) electrons. The van der Waals surface area contributed by atoms with E-state index in [-0.39, 0.29) is 17.2 Å². The van der Waals surface area contributed by atoms with Crippen LogP contribution in [-0.2, 0) is 0 Å². The zero-order valence-electron chi connectivity index (χ0n) is 14.1. The Morgan fingerprint density at radius 1 is 0.778 bits per heavy atom. The molecule has 0 atom stereocenters. The summed E-state index contributed by atoms with van der Waals surface area (Å²) in [4.78, 5) is 8.20. The van der Waals surface area contributed by atoms with Crippen LogP contribution in [-0.4, -0.2) is 9.97 Å². The molecule has 1 aromatic heterocycles. The third kappa shape index (κ3) is 3.35. The Hall–Kier alpha value is -3.74. The molecule has 134 valence electrons. The SMILES string of the molecule is Nc1c(Nc2cc(F)ccc2F)ncnc1Nc1cccc2ccccc12. The van der Waals surface area contributed by atoms with Gasteiger partial charge in [-0.25, -0.2) is 18.7 Å². The molecular formula is C20H15F2N5. The van der Waals surface area contributed by atoms with Crippen molar-refractivity contribution in [3.63, 3.8) is 0 Å². The van der Waals surface area contributed by atoms with Crippen molar-refractivity contribution in [2.24, 2.45) is 0 Å². The van der Waals surface area contributed by atoms with Gasteiger partial charge < -0.3 is 16.4 Å². The van der Waals surface area contributed by atoms with Crippen molar-refractivity contribution in [1.29, 1.82) is 0 Å². The van der Waals surface area contributed by atoms with Gasteiger partial charge >= 0.3 is 0 Å². The van der Waals surface area contributed by atoms with Gasteiger partial charge in [-0.1, -0.05) is 36.4 Å². The molecule has 0 aliphatic carbocycles. The number of rotatable bonds is 4. The largest absolute Gasteiger partial charge is 0.393 e. The van der Waals surface area contributed by atoms with Crippen LogP contribution in [0.4, 0.5) is 37.5 Å². The molecular weight excluding hydrogens is 348 g/mol. The molecule has 0 fully saturated rings. The second kappa shape index (κ2) is 6.87. The highest BCUT2D eigenvalue weighted by Gasteiger charge is 2.12. The van der Waals surface area contributed by atoms with Gasteiger partial charge in [0.1, 0.15) is 23.6 Å². The number of nitrogens with two attached hydrogens (primary N) is 1. The summed E-state index contributed by atoms with van der Waals surface area (Å²) in [5.41, 5.74) is 7.10. The van der Waals surface area contributed by atoms with Crippen LogP contribution in [0, 0.1) is 11.6 Å². The molecule has 4 rings (SSSR count). The molecule has 27 heavy (non-hydrogen) atoms. The molecule has 0 unspecified atom stereocenters. The van der Waals surface area contributed by atoms with Crippen LogP contribution in [0.25, 0.3) is 10.8 Å². The van der Waals surface area contributed by atoms with E-state index in [9.17, 15) is 8.78 Å². The maximum Gasteiger partial charge on any atom is 0.159 e. The Balaban J connectivity index is 1.69. The third-order valence-corrected chi connectivity index (χ3v) is 4.11. The van der Waals surface area contributed by atoms with E-state index in [1.165, 1.54) is 6.33 Å². The standard InChI is InChI=1S/C20H15F2N5/c21-13-8-9-15(22)17(10-13)27-20-18(23)19(24-11-25-20)26-16-7-3-5-12-4-1-2-6-14(12)16/h1-11H,23H2,(H2,24,25,26,27). The number of nitrogens with zero attached hydrogens (tertiary/aromatic N) is 2. The first-order valence-electron chi connectivity index (χ1n) is 8.19. The molecule has 3 aromatic carbocycles. The number of nitrogens with one attached hydrogen (secondary N) is 2. The summed E-state index contributed by atoms with van der Waals surface area (Å²) in [7, 11) is 0. The first-order chi connectivity index (χ1) is 13.1. The topological polar surface area (TPSA) is 75.9 Å². The van der Waals surface area contributed by atoms with E-state index in [4.69, 9.17) is 5.73 Å². The van der Waals surface area contributed by atoms with Gasteiger partial charge in [0, 0.05) is 17.1 Å². The predicted octanol–water partition coefficient (Wildman–Crippen LogP) is 4.98. The van der Waals surface area contributed by atoms with E-state index in [1.807, 2.05) is 42.5 Å². The minimum atomic E-state index is -0.613. The lowest BCUT2D eigenvalue weighted by atomic mass is 10.1. The van der Waals surface area contributed by atoms with Crippen molar-refractivity contribution in [2.45, 2.75) is 0 Å². The Bertz CT molecular complexity index is 1130. The minimum Gasteiger partial charge on any atom is -0.393 e. The summed E-state index contributed by atoms with van der Waals surface area (Å²) in [6, 6.07) is 16.8. The Morgan fingerprint density at radius 3 is 2.30 bits per heavy atom. The van der Waals surface area contributed by atoms with Gasteiger partial charge in [0.2, 0.25) is 0 Å². The molecule has 0 amide bonds. The van der Waals surface area contributed by atoms with Crippen molar-refractivity contribution < 1.29 is 8.78 Å². The number of halogens is 2. The second-order valence-corrected chi connectivity index (χ2v) is 5.89. The van der Waals surface area contributed by atoms with Crippen LogP contribution in [0.2, 0.25) is 0 Å². The first-order valence-corrected chi connectivity index (χ1v) is 8.19. The number of hydrogen-bond acceptors (Lipinski definition) is 5. The number of fused-ring (bicyclic) bond motifs is 1. The Labute approximate surface area is 153 Å². The maximum absolute atomic E-state index is 13.9. The predicted molar refractivity (Wildman–Crippen MR) is 103 cm³/mol. The van der Waals surface area contributed by atoms with E-state index in [2.05, 4.69) is 20.6 Å². The second-order valence-electron chi connectivity index (χ2n) is 5.89. The average Bonchev–Trinajstić information content (AvgIpc) is 2.68. The van der Waals surface area contributed by atoms with Crippen molar-refractivity contribution in [3.8, 4) is 0 Å². The normalized spacial score (nSPS) is 10.7. The zero-order chi connectivity index (χ0) is 18.8. The summed E-state index contributed by atoms with van der Waals surface area (Å²) < 4.78 is 27.3. The summed E-state index contributed by atoms with van der Waals surface area (Å²) in [6.07, 6.45) is 1.29. The number of hydrogen-bond donors (Lipinski definition) is 3. The van der Waals surface area contributed by atoms with Crippen molar-refractivity contribution in [3.05, 3.63) is 78.6 Å². The summed E-state index contributed by atoms with van der Waals surface area (Å²) in [5, 5.41) is 7.97. The van der Waals surface area contributed by atoms with Gasteiger partial charge in [0.25, 0.3) is 0 Å². The van der Waals surface area contributed by atoms with Crippen LogP contribution in [0.5, 0.6) is 0 Å². The molecule has 0 saturated heterocycles. The summed E-state index contributed by atoms with van der Waals surface area (Å²) in [5.74, 6) is -0.642. The number of aromatic nitrogens is 2. The molecule has 5 nitrogen and oxygen atoms in total. The summed E-state index contributed by atoms with van der Waals surface area (Å²) in [6.45, 7) is 0. The van der Waals surface area contributed by atoms with Gasteiger partial charge in [-0.2, -0.15) is 0 Å². The molecule has 4 aromatic rings. The molecule has 1 heterocycles. The lowest BCUT2D eigenvalue weighted by Crippen LogP contribution is -2.06. The van der Waals surface area contributed by atoms with E-state index >= 15 is 0 Å². The molecule has 0 spiro atoms. The minimum absolute atomic E-state index is 0.0588. The highest BCUT2D eigenvalue weighted by atomic mass is 19.1. The van der Waals surface area contributed by atoms with Crippen LogP contribution < -0.4 is 16.4 Å². The highest BCUT2D eigenvalue weighted by molar-refractivity contribution is 5.96. The molecule has 4 N–H and O–H groups in total. The fourth-order valence-corrected chi connectivity index (χ4v) is 2.78. The number of anilines is 5. The highest BCUT2D eigenvalue weighted by Crippen LogP contribution is 2.31. The Kier molecular flexibility index (Phi) is 4.25.